The van der Waals surface area contributed by atoms with Gasteiger partial charge in [-0.3, -0.25) is 0 Å². The van der Waals surface area contributed by atoms with Gasteiger partial charge in [-0.15, -0.1) is 11.3 Å². The number of hydrogen-bond donors (Lipinski definition) is 5. The third-order valence-corrected chi connectivity index (χ3v) is 4.39. The first kappa shape index (κ1) is 18.2. The van der Waals surface area contributed by atoms with Crippen molar-refractivity contribution in [3.8, 4) is 0 Å². The highest BCUT2D eigenvalue weighted by Gasteiger charge is 2.15. The summed E-state index contributed by atoms with van der Waals surface area (Å²) in [5, 5.41) is 22.9. The van der Waals surface area contributed by atoms with Crippen molar-refractivity contribution in [2.45, 2.75) is 32.7 Å². The molecule has 0 aliphatic carbocycles. The Labute approximate surface area is 146 Å². The molecule has 0 saturated carbocycles. The Hall–Kier alpha value is -2.12. The second-order valence-electron chi connectivity index (χ2n) is 6.55. The maximum atomic E-state index is 8.99. The molecule has 6 nitrogen and oxygen atoms in total. The van der Waals surface area contributed by atoms with Gasteiger partial charge in [0.1, 0.15) is 5.82 Å². The number of hydrogen-bond acceptors (Lipinski definition) is 7. The van der Waals surface area contributed by atoms with Crippen LogP contribution < -0.4 is 16.4 Å². The number of thiophene rings is 1. The summed E-state index contributed by atoms with van der Waals surface area (Å²) in [6.07, 6.45) is 3.43. The minimum Gasteiger partial charge on any atom is -0.398 e. The Bertz CT molecular complexity index is 745. The molecule has 0 saturated heterocycles. The van der Waals surface area contributed by atoms with Crippen molar-refractivity contribution in [2.24, 2.45) is 5.73 Å². The fraction of sp³-hybridized carbons (Fsp3) is 0.412. The average molecular weight is 347 g/mol. The van der Waals surface area contributed by atoms with Crippen molar-refractivity contribution in [3.05, 3.63) is 23.1 Å². The quantitative estimate of drug-likeness (QED) is 0.390. The molecule has 0 amide bonds. The van der Waals surface area contributed by atoms with Crippen LogP contribution in [0.1, 0.15) is 32.1 Å². The lowest BCUT2D eigenvalue weighted by molar-refractivity contribution is 0.292. The molecule has 2 aromatic heterocycles. The second-order valence-corrected chi connectivity index (χ2v) is 7.60. The molecule has 6 N–H and O–H groups in total. The van der Waals surface area contributed by atoms with Gasteiger partial charge in [0.05, 0.1) is 26.5 Å². The molecule has 0 aliphatic rings. The van der Waals surface area contributed by atoms with Crippen LogP contribution in [0.5, 0.6) is 0 Å². The number of aliphatic hydroxyl groups excluding tert-OH is 1. The van der Waals surface area contributed by atoms with Gasteiger partial charge in [-0.05, 0) is 39.3 Å². The molecule has 7 heteroatoms. The normalized spacial score (nSPS) is 12.4. The number of fused-ring (bicyclic) bond motifs is 1. The summed E-state index contributed by atoms with van der Waals surface area (Å²) in [7, 11) is 0. The summed E-state index contributed by atoms with van der Waals surface area (Å²) in [6.45, 7) is 7.09. The van der Waals surface area contributed by atoms with Gasteiger partial charge in [-0.25, -0.2) is 4.98 Å². The van der Waals surface area contributed by atoms with Gasteiger partial charge in [0.25, 0.3) is 0 Å². The van der Waals surface area contributed by atoms with E-state index in [1.807, 2.05) is 12.1 Å². The van der Waals surface area contributed by atoms with Gasteiger partial charge in [0.2, 0.25) is 0 Å². The number of anilines is 2. The van der Waals surface area contributed by atoms with Crippen LogP contribution in [0, 0.1) is 5.41 Å². The predicted molar refractivity (Wildman–Crippen MR) is 104 cm³/mol. The number of aliphatic hydroxyl groups is 1. The van der Waals surface area contributed by atoms with Crippen LogP contribution in [0.25, 0.3) is 15.9 Å². The minimum absolute atomic E-state index is 0.0962. The van der Waals surface area contributed by atoms with Crippen LogP contribution in [0.15, 0.2) is 18.2 Å². The van der Waals surface area contributed by atoms with Crippen LogP contribution >= 0.6 is 11.3 Å². The van der Waals surface area contributed by atoms with E-state index in [2.05, 4.69) is 36.4 Å². The first-order valence-electron chi connectivity index (χ1n) is 7.88. The van der Waals surface area contributed by atoms with Crippen LogP contribution in [-0.2, 0) is 0 Å². The summed E-state index contributed by atoms with van der Waals surface area (Å²) >= 11 is 1.54. The lowest BCUT2D eigenvalue weighted by Gasteiger charge is -2.22. The highest BCUT2D eigenvalue weighted by Crippen LogP contribution is 2.35. The highest BCUT2D eigenvalue weighted by atomic mass is 32.1. The summed E-state index contributed by atoms with van der Waals surface area (Å²) in [5.74, 6) is 0.792. The molecule has 2 heterocycles. The maximum Gasteiger partial charge on any atom is 0.129 e. The standard InChI is InChI=1S/C17H25N5OS/c1-17(2,3)22-15-10-12(20-7-4-8-23)16-13(21-15)9-14(24-16)11(19)5-6-18/h5-6,9-10,18,23H,4,7-8,19H2,1-3H3,(H2,20,21,22)/b11-5-,18-6?. The molecule has 2 aromatic rings. The SMILES string of the molecule is CC(C)(C)Nc1cc(NCCCO)c2sc(/C(N)=C/C=N)cc2n1. The van der Waals surface area contributed by atoms with Gasteiger partial charge in [-0.2, -0.15) is 0 Å². The van der Waals surface area contributed by atoms with Gasteiger partial charge in [-0.1, -0.05) is 0 Å². The summed E-state index contributed by atoms with van der Waals surface area (Å²) < 4.78 is 1.02. The van der Waals surface area contributed by atoms with E-state index in [0.717, 1.165) is 26.6 Å². The summed E-state index contributed by atoms with van der Waals surface area (Å²) in [6, 6.07) is 3.93. The van der Waals surface area contributed by atoms with Crippen LogP contribution in [0.4, 0.5) is 11.5 Å². The summed E-state index contributed by atoms with van der Waals surface area (Å²) in [5.41, 5.74) is 8.29. The van der Waals surface area contributed by atoms with E-state index in [-0.39, 0.29) is 12.1 Å². The number of nitrogens with zero attached hydrogens (tertiary/aromatic N) is 1. The van der Waals surface area contributed by atoms with E-state index in [0.29, 0.717) is 18.7 Å². The van der Waals surface area contributed by atoms with Gasteiger partial charge in [0, 0.05) is 31.0 Å². The van der Waals surface area contributed by atoms with E-state index in [9.17, 15) is 0 Å². The van der Waals surface area contributed by atoms with Crippen LogP contribution in [0.2, 0.25) is 0 Å². The lowest BCUT2D eigenvalue weighted by Crippen LogP contribution is -2.26. The van der Waals surface area contributed by atoms with Crippen molar-refractivity contribution in [1.82, 2.24) is 4.98 Å². The molecule has 130 valence electrons. The molecular formula is C17H25N5OS. The smallest absolute Gasteiger partial charge is 0.129 e. The highest BCUT2D eigenvalue weighted by molar-refractivity contribution is 7.20. The van der Waals surface area contributed by atoms with Gasteiger partial charge < -0.3 is 26.9 Å². The molecule has 0 unspecified atom stereocenters. The van der Waals surface area contributed by atoms with Crippen molar-refractivity contribution in [2.75, 3.05) is 23.8 Å². The van der Waals surface area contributed by atoms with E-state index in [1.54, 1.807) is 17.4 Å². The molecule has 0 radical (unpaired) electrons. The molecule has 0 aliphatic heterocycles. The Balaban J connectivity index is 2.47. The van der Waals surface area contributed by atoms with Gasteiger partial charge in [0.15, 0.2) is 0 Å². The monoisotopic (exact) mass is 347 g/mol. The zero-order chi connectivity index (χ0) is 17.7. The average Bonchev–Trinajstić information content (AvgIpc) is 2.90. The zero-order valence-electron chi connectivity index (χ0n) is 14.3. The molecule has 0 atom stereocenters. The number of nitrogens with two attached hydrogens (primary N) is 1. The fourth-order valence-corrected chi connectivity index (χ4v) is 3.24. The summed E-state index contributed by atoms with van der Waals surface area (Å²) in [4.78, 5) is 5.57. The van der Waals surface area contributed by atoms with E-state index in [1.165, 1.54) is 6.21 Å². The van der Waals surface area contributed by atoms with Crippen LogP contribution in [0.3, 0.4) is 0 Å². The van der Waals surface area contributed by atoms with Crippen molar-refractivity contribution >= 4 is 45.0 Å². The Morgan fingerprint density at radius 3 is 2.79 bits per heavy atom. The topological polar surface area (TPSA) is 107 Å². The number of allylic oxidation sites excluding steroid dienone is 1. The Morgan fingerprint density at radius 1 is 1.42 bits per heavy atom. The van der Waals surface area contributed by atoms with Gasteiger partial charge >= 0.3 is 0 Å². The Kier molecular flexibility index (Phi) is 5.80. The first-order valence-corrected chi connectivity index (χ1v) is 8.70. The predicted octanol–water partition coefficient (Wildman–Crippen LogP) is 3.25. The third kappa shape index (κ3) is 4.69. The van der Waals surface area contributed by atoms with Crippen molar-refractivity contribution in [3.63, 3.8) is 0 Å². The molecule has 0 spiro atoms. The molecule has 0 bridgehead atoms. The number of nitrogens with one attached hydrogen (secondary N) is 3. The number of aromatic nitrogens is 1. The zero-order valence-corrected chi connectivity index (χ0v) is 15.1. The molecule has 0 aromatic carbocycles. The maximum absolute atomic E-state index is 8.99. The van der Waals surface area contributed by atoms with Crippen molar-refractivity contribution < 1.29 is 5.11 Å². The van der Waals surface area contributed by atoms with E-state index in [4.69, 9.17) is 16.2 Å². The Morgan fingerprint density at radius 2 is 2.17 bits per heavy atom. The van der Waals surface area contributed by atoms with E-state index >= 15 is 0 Å². The second kappa shape index (κ2) is 7.63. The molecular weight excluding hydrogens is 322 g/mol. The third-order valence-electron chi connectivity index (χ3n) is 3.18. The van der Waals surface area contributed by atoms with Crippen LogP contribution in [-0.4, -0.2) is 35.0 Å². The molecule has 2 rings (SSSR count). The largest absolute Gasteiger partial charge is 0.398 e. The van der Waals surface area contributed by atoms with E-state index < -0.39 is 0 Å². The molecule has 24 heavy (non-hydrogen) atoms. The number of pyridine rings is 1. The van der Waals surface area contributed by atoms with Crippen molar-refractivity contribution in [1.29, 1.82) is 5.41 Å². The fourth-order valence-electron chi connectivity index (χ4n) is 2.22. The first-order chi connectivity index (χ1) is 11.3. The molecule has 0 fully saturated rings. The number of rotatable bonds is 7. The lowest BCUT2D eigenvalue weighted by atomic mass is 10.1. The minimum atomic E-state index is -0.0962.